The number of halogens is 2. The molecule has 1 aliphatic rings. The first kappa shape index (κ1) is 16.1. The van der Waals surface area contributed by atoms with Gasteiger partial charge in [0.25, 0.3) is 5.91 Å². The Bertz CT molecular complexity index is 902. The summed E-state index contributed by atoms with van der Waals surface area (Å²) < 4.78 is 31.0. The number of alkyl halides is 1. The van der Waals surface area contributed by atoms with E-state index < -0.39 is 15.9 Å². The van der Waals surface area contributed by atoms with Gasteiger partial charge in [-0.2, -0.15) is 0 Å². The van der Waals surface area contributed by atoms with Gasteiger partial charge in [-0.15, -0.1) is 0 Å². The number of anilines is 2. The van der Waals surface area contributed by atoms with Crippen LogP contribution in [0.25, 0.3) is 0 Å². The molecule has 0 bridgehead atoms. The second-order valence-electron chi connectivity index (χ2n) is 4.73. The van der Waals surface area contributed by atoms with Gasteiger partial charge in [0.15, 0.2) is 5.75 Å². The molecule has 1 heterocycles. The normalized spacial score (nSPS) is 13.2. The zero-order valence-electron chi connectivity index (χ0n) is 11.5. The Kier molecular flexibility index (Phi) is 4.22. The van der Waals surface area contributed by atoms with E-state index in [2.05, 4.69) is 26.0 Å². The molecule has 9 heteroatoms. The Balaban J connectivity index is 2.00. The Labute approximate surface area is 146 Å². The predicted octanol–water partition coefficient (Wildman–Crippen LogP) is 3.79. The van der Waals surface area contributed by atoms with E-state index in [1.165, 1.54) is 18.2 Å². The van der Waals surface area contributed by atoms with E-state index in [-0.39, 0.29) is 15.9 Å². The third-order valence-corrected chi connectivity index (χ3v) is 5.93. The molecule has 3 rings (SSSR count). The van der Waals surface area contributed by atoms with Crippen LogP contribution in [-0.2, 0) is 10.0 Å². The van der Waals surface area contributed by atoms with E-state index in [1.54, 1.807) is 18.2 Å². The number of carbonyl (C=O) groups excluding carboxylic acids is 1. The molecule has 0 atom stereocenters. The number of carbonyl (C=O) groups is 1. The average Bonchev–Trinajstić information content (AvgIpc) is 2.63. The average molecular weight is 418 g/mol. The highest BCUT2D eigenvalue weighted by atomic mass is 79.9. The zero-order chi connectivity index (χ0) is 16.6. The molecule has 0 spiro atoms. The number of benzene rings is 2. The third kappa shape index (κ3) is 3.44. The van der Waals surface area contributed by atoms with E-state index in [4.69, 9.17) is 16.3 Å². The minimum absolute atomic E-state index is 0.215. The topological polar surface area (TPSA) is 84.5 Å². The Morgan fingerprint density at radius 2 is 1.91 bits per heavy atom. The minimum atomic E-state index is -3.51. The van der Waals surface area contributed by atoms with Crippen molar-refractivity contribution >= 4 is 54.8 Å². The number of hydrogen-bond acceptors (Lipinski definition) is 4. The van der Waals surface area contributed by atoms with Crippen LogP contribution in [-0.4, -0.2) is 19.0 Å². The summed E-state index contributed by atoms with van der Waals surface area (Å²) in [6.07, 6.45) is 0. The molecule has 0 saturated heterocycles. The molecule has 0 aliphatic carbocycles. The molecule has 0 unspecified atom stereocenters. The highest BCUT2D eigenvalue weighted by Gasteiger charge is 2.22. The lowest BCUT2D eigenvalue weighted by Crippen LogP contribution is -2.15. The third-order valence-electron chi connectivity index (χ3n) is 3.05. The number of hydrogen-bond donors (Lipinski definition) is 2. The van der Waals surface area contributed by atoms with Crippen molar-refractivity contribution in [2.75, 3.05) is 14.7 Å². The molecule has 120 valence electrons. The number of amides is 1. The van der Waals surface area contributed by atoms with E-state index in [9.17, 15) is 13.2 Å². The molecule has 0 radical (unpaired) electrons. The van der Waals surface area contributed by atoms with Gasteiger partial charge >= 0.3 is 0 Å². The summed E-state index contributed by atoms with van der Waals surface area (Å²) in [4.78, 5) is 12.3. The number of sulfonamides is 1. The van der Waals surface area contributed by atoms with Gasteiger partial charge in [-0.3, -0.25) is 9.52 Å². The molecule has 6 nitrogen and oxygen atoms in total. The Morgan fingerprint density at radius 1 is 1.17 bits per heavy atom. The summed E-state index contributed by atoms with van der Waals surface area (Å²) in [5.41, 5.74) is 0.930. The van der Waals surface area contributed by atoms with Crippen molar-refractivity contribution in [1.29, 1.82) is 0 Å². The lowest BCUT2D eigenvalue weighted by molar-refractivity contribution is 0.102. The van der Waals surface area contributed by atoms with Crippen molar-refractivity contribution in [2.24, 2.45) is 0 Å². The second kappa shape index (κ2) is 6.03. The highest BCUT2D eigenvalue weighted by molar-refractivity contribution is 9.10. The van der Waals surface area contributed by atoms with Crippen LogP contribution in [0.1, 0.15) is 10.4 Å². The van der Waals surface area contributed by atoms with Crippen molar-refractivity contribution in [3.8, 4) is 11.5 Å². The molecule has 2 aromatic rings. The maximum atomic E-state index is 12.3. The van der Waals surface area contributed by atoms with Crippen molar-refractivity contribution in [3.63, 3.8) is 0 Å². The minimum Gasteiger partial charge on any atom is -0.454 e. The summed E-state index contributed by atoms with van der Waals surface area (Å²) in [5.74, 6) is 0.363. The maximum absolute atomic E-state index is 12.3. The van der Waals surface area contributed by atoms with Crippen LogP contribution in [0.5, 0.6) is 11.5 Å². The molecule has 0 aromatic heterocycles. The molecule has 2 N–H and O–H groups in total. The SMILES string of the molecule is O=C1Nc2cc(Cl)ccc2Oc2ccc(NS(=O)(=O)CBr)cc21. The largest absolute Gasteiger partial charge is 0.454 e. The standard InChI is InChI=1S/C14H10BrClN2O4S/c15-7-23(20,21)18-9-2-4-12-10(6-9)14(19)17-11-5-8(16)1-3-13(11)22-12/h1-6,18H,7H2,(H,17,19). The summed E-state index contributed by atoms with van der Waals surface area (Å²) in [5, 5.41) is 3.15. The summed E-state index contributed by atoms with van der Waals surface area (Å²) in [6, 6.07) is 9.34. The maximum Gasteiger partial charge on any atom is 0.259 e. The van der Waals surface area contributed by atoms with Gasteiger partial charge in [-0.1, -0.05) is 27.5 Å². The van der Waals surface area contributed by atoms with Gasteiger partial charge in [0, 0.05) is 10.7 Å². The van der Waals surface area contributed by atoms with Gasteiger partial charge in [0.1, 0.15) is 10.4 Å². The van der Waals surface area contributed by atoms with Crippen LogP contribution in [0.4, 0.5) is 11.4 Å². The first-order valence-corrected chi connectivity index (χ1v) is 9.52. The van der Waals surface area contributed by atoms with Crippen LogP contribution in [0.2, 0.25) is 5.02 Å². The van der Waals surface area contributed by atoms with Gasteiger partial charge in [0.2, 0.25) is 10.0 Å². The van der Waals surface area contributed by atoms with Crippen molar-refractivity contribution < 1.29 is 17.9 Å². The lowest BCUT2D eigenvalue weighted by atomic mass is 10.1. The summed E-state index contributed by atoms with van der Waals surface area (Å²) in [7, 11) is -3.51. The molecule has 2 aromatic carbocycles. The number of rotatable bonds is 3. The first-order chi connectivity index (χ1) is 10.9. The van der Waals surface area contributed by atoms with Crippen LogP contribution in [0.3, 0.4) is 0 Å². The van der Waals surface area contributed by atoms with E-state index >= 15 is 0 Å². The van der Waals surface area contributed by atoms with Crippen molar-refractivity contribution in [1.82, 2.24) is 0 Å². The van der Waals surface area contributed by atoms with E-state index in [0.717, 1.165) is 0 Å². The van der Waals surface area contributed by atoms with Crippen molar-refractivity contribution in [2.45, 2.75) is 0 Å². The zero-order valence-corrected chi connectivity index (χ0v) is 14.6. The number of fused-ring (bicyclic) bond motifs is 2. The number of nitrogens with one attached hydrogen (secondary N) is 2. The Morgan fingerprint density at radius 3 is 2.65 bits per heavy atom. The van der Waals surface area contributed by atoms with Crippen molar-refractivity contribution in [3.05, 3.63) is 47.0 Å². The smallest absolute Gasteiger partial charge is 0.259 e. The predicted molar refractivity (Wildman–Crippen MR) is 92.3 cm³/mol. The molecular weight excluding hydrogens is 408 g/mol. The fourth-order valence-corrected chi connectivity index (χ4v) is 3.12. The van der Waals surface area contributed by atoms with Gasteiger partial charge < -0.3 is 10.1 Å². The molecule has 1 amide bonds. The van der Waals surface area contributed by atoms with E-state index in [1.807, 2.05) is 0 Å². The van der Waals surface area contributed by atoms with Gasteiger partial charge in [0.05, 0.1) is 11.3 Å². The monoisotopic (exact) mass is 416 g/mol. The highest BCUT2D eigenvalue weighted by Crippen LogP contribution is 2.38. The Hall–Kier alpha value is -1.77. The lowest BCUT2D eigenvalue weighted by Gasteiger charge is -2.10. The van der Waals surface area contributed by atoms with Gasteiger partial charge in [-0.25, -0.2) is 8.42 Å². The second-order valence-corrected chi connectivity index (χ2v) is 8.20. The van der Waals surface area contributed by atoms with Crippen LogP contribution in [0.15, 0.2) is 36.4 Å². The molecule has 0 fully saturated rings. The van der Waals surface area contributed by atoms with Crippen LogP contribution >= 0.6 is 27.5 Å². The van der Waals surface area contributed by atoms with Gasteiger partial charge in [-0.05, 0) is 36.4 Å². The fraction of sp³-hybridized carbons (Fsp3) is 0.0714. The number of ether oxygens (including phenoxy) is 1. The summed E-state index contributed by atoms with van der Waals surface area (Å²) in [6.45, 7) is 0. The van der Waals surface area contributed by atoms with Crippen LogP contribution < -0.4 is 14.8 Å². The fourth-order valence-electron chi connectivity index (χ4n) is 2.06. The quantitative estimate of drug-likeness (QED) is 0.744. The van der Waals surface area contributed by atoms with Crippen LogP contribution in [0, 0.1) is 0 Å². The molecular formula is C14H10BrClN2O4S. The molecule has 1 aliphatic heterocycles. The van der Waals surface area contributed by atoms with E-state index in [0.29, 0.717) is 22.2 Å². The molecule has 23 heavy (non-hydrogen) atoms. The molecule has 0 saturated carbocycles. The summed E-state index contributed by atoms with van der Waals surface area (Å²) >= 11 is 8.80. The first-order valence-electron chi connectivity index (χ1n) is 6.37.